The summed E-state index contributed by atoms with van der Waals surface area (Å²) in [4.78, 5) is 0. The SMILES string of the molecule is COc1ccc(-c2nnc(C(C)Cl)s2)c(OC)c1OC. The molecule has 1 atom stereocenters. The number of hydrogen-bond donors (Lipinski definition) is 0. The van der Waals surface area contributed by atoms with Crippen LogP contribution in [-0.4, -0.2) is 31.5 Å². The van der Waals surface area contributed by atoms with Crippen molar-refractivity contribution in [3.8, 4) is 27.8 Å². The van der Waals surface area contributed by atoms with Gasteiger partial charge in [0, 0.05) is 0 Å². The second-order valence-electron chi connectivity index (χ2n) is 3.94. The van der Waals surface area contributed by atoms with Crippen LogP contribution in [0.4, 0.5) is 0 Å². The Kier molecular flexibility index (Phi) is 4.67. The first-order valence-corrected chi connectivity index (χ1v) is 7.14. The number of nitrogens with zero attached hydrogens (tertiary/aromatic N) is 2. The van der Waals surface area contributed by atoms with Crippen molar-refractivity contribution in [1.29, 1.82) is 0 Å². The maximum atomic E-state index is 6.02. The molecule has 0 aliphatic rings. The number of alkyl halides is 1. The van der Waals surface area contributed by atoms with Crippen molar-refractivity contribution >= 4 is 22.9 Å². The summed E-state index contributed by atoms with van der Waals surface area (Å²) in [5.41, 5.74) is 0.797. The standard InChI is InChI=1S/C13H15ClN2O3S/c1-7(14)12-15-16-13(20-12)8-5-6-9(17-2)11(19-4)10(8)18-3/h5-7H,1-4H3. The first kappa shape index (κ1) is 14.9. The summed E-state index contributed by atoms with van der Waals surface area (Å²) >= 11 is 7.44. The van der Waals surface area contributed by atoms with Gasteiger partial charge in [0.05, 0.1) is 32.3 Å². The molecule has 0 N–H and O–H groups in total. The Hall–Kier alpha value is -1.53. The highest BCUT2D eigenvalue weighted by molar-refractivity contribution is 7.15. The predicted octanol–water partition coefficient (Wildman–Crippen LogP) is 3.53. The molecule has 0 fully saturated rings. The molecule has 1 aromatic heterocycles. The molecule has 0 aliphatic heterocycles. The van der Waals surface area contributed by atoms with Crippen molar-refractivity contribution < 1.29 is 14.2 Å². The summed E-state index contributed by atoms with van der Waals surface area (Å²) in [5, 5.41) is 9.55. The van der Waals surface area contributed by atoms with Gasteiger partial charge in [-0.1, -0.05) is 11.3 Å². The van der Waals surface area contributed by atoms with Crippen LogP contribution in [0.2, 0.25) is 0 Å². The van der Waals surface area contributed by atoms with Crippen molar-refractivity contribution in [1.82, 2.24) is 10.2 Å². The number of aromatic nitrogens is 2. The minimum Gasteiger partial charge on any atom is -0.493 e. The van der Waals surface area contributed by atoms with Crippen molar-refractivity contribution in [3.63, 3.8) is 0 Å². The predicted molar refractivity (Wildman–Crippen MR) is 79.3 cm³/mol. The van der Waals surface area contributed by atoms with E-state index in [4.69, 9.17) is 25.8 Å². The van der Waals surface area contributed by atoms with E-state index in [1.807, 2.05) is 19.1 Å². The van der Waals surface area contributed by atoms with Crippen LogP contribution in [0.3, 0.4) is 0 Å². The summed E-state index contributed by atoms with van der Waals surface area (Å²) in [6, 6.07) is 3.67. The van der Waals surface area contributed by atoms with E-state index in [9.17, 15) is 0 Å². The second kappa shape index (κ2) is 6.28. The molecule has 1 aromatic carbocycles. The average molecular weight is 315 g/mol. The first-order valence-electron chi connectivity index (χ1n) is 5.89. The van der Waals surface area contributed by atoms with Crippen molar-refractivity contribution in [3.05, 3.63) is 17.1 Å². The highest BCUT2D eigenvalue weighted by atomic mass is 35.5. The van der Waals surface area contributed by atoms with E-state index >= 15 is 0 Å². The largest absolute Gasteiger partial charge is 0.493 e. The Morgan fingerprint density at radius 1 is 1.05 bits per heavy atom. The van der Waals surface area contributed by atoms with Gasteiger partial charge < -0.3 is 14.2 Å². The Labute approximate surface area is 126 Å². The number of hydrogen-bond acceptors (Lipinski definition) is 6. The summed E-state index contributed by atoms with van der Waals surface area (Å²) in [7, 11) is 4.72. The monoisotopic (exact) mass is 314 g/mol. The number of rotatable bonds is 5. The lowest BCUT2D eigenvalue weighted by molar-refractivity contribution is 0.325. The molecule has 0 saturated heterocycles. The van der Waals surface area contributed by atoms with E-state index in [1.54, 1.807) is 21.3 Å². The average Bonchev–Trinajstić information content (AvgIpc) is 2.95. The number of methoxy groups -OCH3 is 3. The molecule has 2 rings (SSSR count). The molecule has 0 saturated carbocycles. The molecule has 2 aromatic rings. The number of ether oxygens (including phenoxy) is 3. The quantitative estimate of drug-likeness (QED) is 0.790. The zero-order valence-electron chi connectivity index (χ0n) is 11.6. The van der Waals surface area contributed by atoms with Crippen LogP contribution >= 0.6 is 22.9 Å². The lowest BCUT2D eigenvalue weighted by atomic mass is 10.2. The van der Waals surface area contributed by atoms with Gasteiger partial charge in [-0.2, -0.15) is 0 Å². The summed E-state index contributed by atoms with van der Waals surface area (Å²) in [5.74, 6) is 1.70. The van der Waals surface area contributed by atoms with Gasteiger partial charge in [-0.15, -0.1) is 21.8 Å². The smallest absolute Gasteiger partial charge is 0.204 e. The highest BCUT2D eigenvalue weighted by Crippen LogP contribution is 2.45. The summed E-state index contributed by atoms with van der Waals surface area (Å²) < 4.78 is 16.0. The van der Waals surface area contributed by atoms with Crippen LogP contribution in [-0.2, 0) is 0 Å². The van der Waals surface area contributed by atoms with Gasteiger partial charge in [0.15, 0.2) is 16.5 Å². The molecule has 0 amide bonds. The molecule has 0 radical (unpaired) electrons. The molecular weight excluding hydrogens is 300 g/mol. The van der Waals surface area contributed by atoms with Gasteiger partial charge in [0.2, 0.25) is 5.75 Å². The van der Waals surface area contributed by atoms with E-state index < -0.39 is 0 Å². The van der Waals surface area contributed by atoms with Crippen LogP contribution in [0.25, 0.3) is 10.6 Å². The van der Waals surface area contributed by atoms with Crippen LogP contribution in [0.5, 0.6) is 17.2 Å². The first-order chi connectivity index (χ1) is 9.62. The van der Waals surface area contributed by atoms with E-state index in [0.29, 0.717) is 17.2 Å². The zero-order chi connectivity index (χ0) is 14.7. The number of halogens is 1. The van der Waals surface area contributed by atoms with Crippen LogP contribution in [0.1, 0.15) is 17.3 Å². The maximum Gasteiger partial charge on any atom is 0.204 e. The Morgan fingerprint density at radius 2 is 1.75 bits per heavy atom. The van der Waals surface area contributed by atoms with Gasteiger partial charge in [-0.05, 0) is 19.1 Å². The third-order valence-electron chi connectivity index (χ3n) is 2.72. The molecule has 0 spiro atoms. The van der Waals surface area contributed by atoms with Crippen LogP contribution in [0.15, 0.2) is 12.1 Å². The molecule has 7 heteroatoms. The van der Waals surface area contributed by atoms with Crippen molar-refractivity contribution in [2.75, 3.05) is 21.3 Å². The van der Waals surface area contributed by atoms with Crippen molar-refractivity contribution in [2.24, 2.45) is 0 Å². The van der Waals surface area contributed by atoms with Crippen molar-refractivity contribution in [2.45, 2.75) is 12.3 Å². The van der Waals surface area contributed by atoms with E-state index in [0.717, 1.165) is 15.6 Å². The molecule has 1 unspecified atom stereocenters. The Morgan fingerprint density at radius 3 is 2.25 bits per heavy atom. The lowest BCUT2D eigenvalue weighted by Crippen LogP contribution is -1.96. The third kappa shape index (κ3) is 2.66. The van der Waals surface area contributed by atoms with Gasteiger partial charge in [0.1, 0.15) is 5.01 Å². The molecule has 108 valence electrons. The normalized spacial score (nSPS) is 12.1. The van der Waals surface area contributed by atoms with Gasteiger partial charge in [-0.25, -0.2) is 0 Å². The molecule has 1 heterocycles. The summed E-state index contributed by atoms with van der Waals surface area (Å²) in [6.07, 6.45) is 0. The van der Waals surface area contributed by atoms with Gasteiger partial charge in [-0.3, -0.25) is 0 Å². The molecular formula is C13H15ClN2O3S. The lowest BCUT2D eigenvalue weighted by Gasteiger charge is -2.14. The van der Waals surface area contributed by atoms with Gasteiger partial charge >= 0.3 is 0 Å². The third-order valence-corrected chi connectivity index (χ3v) is 4.19. The van der Waals surface area contributed by atoms with E-state index in [-0.39, 0.29) is 5.38 Å². The summed E-state index contributed by atoms with van der Waals surface area (Å²) in [6.45, 7) is 1.86. The van der Waals surface area contributed by atoms with Crippen LogP contribution in [0, 0.1) is 0 Å². The van der Waals surface area contributed by atoms with E-state index in [2.05, 4.69) is 10.2 Å². The molecule has 0 aliphatic carbocycles. The minimum atomic E-state index is -0.174. The van der Waals surface area contributed by atoms with Crippen LogP contribution < -0.4 is 14.2 Å². The maximum absolute atomic E-state index is 6.02. The fraction of sp³-hybridized carbons (Fsp3) is 0.385. The topological polar surface area (TPSA) is 53.5 Å². The molecule has 0 bridgehead atoms. The fourth-order valence-corrected chi connectivity index (χ4v) is 2.75. The Bertz CT molecular complexity index is 601. The fourth-order valence-electron chi connectivity index (χ4n) is 1.77. The second-order valence-corrected chi connectivity index (χ2v) is 5.61. The van der Waals surface area contributed by atoms with E-state index in [1.165, 1.54) is 11.3 Å². The molecule has 5 nitrogen and oxygen atoms in total. The molecule has 20 heavy (non-hydrogen) atoms. The Balaban J connectivity index is 2.55. The highest BCUT2D eigenvalue weighted by Gasteiger charge is 2.20. The zero-order valence-corrected chi connectivity index (χ0v) is 13.2. The minimum absolute atomic E-state index is 0.174. The number of benzene rings is 1. The van der Waals surface area contributed by atoms with Gasteiger partial charge in [0.25, 0.3) is 0 Å².